The molecule has 1 atom stereocenters. The van der Waals surface area contributed by atoms with Gasteiger partial charge in [-0.2, -0.15) is 0 Å². The fraction of sp³-hybridized carbons (Fsp3) is 0.0217. The lowest BCUT2D eigenvalue weighted by Gasteiger charge is -2.34. The Bertz CT molecular complexity index is 2670. The molecule has 0 amide bonds. The first-order valence-corrected chi connectivity index (χ1v) is 16.6. The average Bonchev–Trinajstić information content (AvgIpc) is 3.69. The van der Waals surface area contributed by atoms with Crippen LogP contribution in [0.3, 0.4) is 0 Å². The van der Waals surface area contributed by atoms with Gasteiger partial charge >= 0.3 is 0 Å². The number of benzene rings is 8. The van der Waals surface area contributed by atoms with E-state index in [1.165, 1.54) is 54.9 Å². The second-order valence-corrected chi connectivity index (χ2v) is 12.7. The molecule has 1 heterocycles. The van der Waals surface area contributed by atoms with Crippen molar-refractivity contribution in [2.24, 2.45) is 0 Å². The van der Waals surface area contributed by atoms with Gasteiger partial charge in [0.15, 0.2) is 0 Å². The third-order valence-electron chi connectivity index (χ3n) is 10.3. The summed E-state index contributed by atoms with van der Waals surface area (Å²) in [6.07, 6.45) is 0. The number of rotatable bonds is 4. The van der Waals surface area contributed by atoms with Gasteiger partial charge in [-0.3, -0.25) is 4.57 Å². The van der Waals surface area contributed by atoms with Gasteiger partial charge in [-0.25, -0.2) is 4.98 Å². The predicted octanol–water partition coefficient (Wildman–Crippen LogP) is 11.4. The van der Waals surface area contributed by atoms with Crippen LogP contribution < -0.4 is 0 Å². The Balaban J connectivity index is 1.31. The summed E-state index contributed by atoms with van der Waals surface area (Å²) in [4.78, 5) is 5.27. The molecule has 0 saturated carbocycles. The molecular formula is C46H30N2. The number of para-hydroxylation sites is 3. The summed E-state index contributed by atoms with van der Waals surface area (Å²) in [7, 11) is 0. The molecule has 0 spiro atoms. The molecule has 10 rings (SSSR count). The van der Waals surface area contributed by atoms with E-state index in [0.717, 1.165) is 28.1 Å². The number of hydrogen-bond acceptors (Lipinski definition) is 1. The average molecular weight is 611 g/mol. The maximum absolute atomic E-state index is 5.27. The SMILES string of the molecule is c1ccc(-n2c(-c3ccc4c(c3)C(c3ccccc3)(c3ccc5ccc6ccccc6c5c3)c3ccccc3-4)nc3ccccc32)cc1. The molecule has 1 aliphatic rings. The van der Waals surface area contributed by atoms with Gasteiger partial charge in [0.05, 0.1) is 16.4 Å². The van der Waals surface area contributed by atoms with Gasteiger partial charge in [-0.1, -0.05) is 146 Å². The van der Waals surface area contributed by atoms with E-state index in [2.05, 4.69) is 187 Å². The molecule has 2 nitrogen and oxygen atoms in total. The lowest BCUT2D eigenvalue weighted by molar-refractivity contribution is 0.770. The largest absolute Gasteiger partial charge is 0.292 e. The number of fused-ring (bicyclic) bond motifs is 7. The minimum Gasteiger partial charge on any atom is -0.292 e. The van der Waals surface area contributed by atoms with Gasteiger partial charge in [0.25, 0.3) is 0 Å². The molecule has 0 N–H and O–H groups in total. The molecular weight excluding hydrogens is 581 g/mol. The molecule has 0 saturated heterocycles. The fourth-order valence-corrected chi connectivity index (χ4v) is 8.19. The smallest absolute Gasteiger partial charge is 0.145 e. The van der Waals surface area contributed by atoms with Crippen LogP contribution in [-0.4, -0.2) is 9.55 Å². The minimum absolute atomic E-state index is 0.530. The van der Waals surface area contributed by atoms with E-state index in [4.69, 9.17) is 4.98 Å². The van der Waals surface area contributed by atoms with Gasteiger partial charge in [-0.05, 0) is 91.3 Å². The van der Waals surface area contributed by atoms with Crippen LogP contribution in [0, 0.1) is 0 Å². The second-order valence-electron chi connectivity index (χ2n) is 12.7. The number of hydrogen-bond donors (Lipinski definition) is 0. The Kier molecular flexibility index (Phi) is 5.82. The standard InChI is InChI=1S/C46H30N2/c1-3-14-34(15-4-1)46(35-27-25-32-24-23-31-13-7-8-18-37(31)40(32)30-35)41-20-10-9-19-38(41)39-28-26-33(29-42(39)46)45-47-43-21-11-12-22-44(43)48(45)36-16-5-2-6-17-36/h1-30H. The molecule has 1 aromatic heterocycles. The molecule has 0 aliphatic heterocycles. The number of nitrogens with zero attached hydrogens (tertiary/aromatic N) is 2. The van der Waals surface area contributed by atoms with Crippen LogP contribution in [0.5, 0.6) is 0 Å². The summed E-state index contributed by atoms with van der Waals surface area (Å²) < 4.78 is 2.30. The zero-order chi connectivity index (χ0) is 31.7. The summed E-state index contributed by atoms with van der Waals surface area (Å²) in [6, 6.07) is 66.3. The van der Waals surface area contributed by atoms with E-state index in [0.29, 0.717) is 0 Å². The molecule has 48 heavy (non-hydrogen) atoms. The Morgan fingerprint density at radius 3 is 1.98 bits per heavy atom. The van der Waals surface area contributed by atoms with Crippen molar-refractivity contribution >= 4 is 32.6 Å². The molecule has 0 bridgehead atoms. The van der Waals surface area contributed by atoms with Crippen LogP contribution in [-0.2, 0) is 5.41 Å². The molecule has 2 heteroatoms. The molecule has 0 radical (unpaired) electrons. The van der Waals surface area contributed by atoms with Crippen LogP contribution in [0.1, 0.15) is 22.3 Å². The van der Waals surface area contributed by atoms with E-state index in [1.807, 2.05) is 0 Å². The highest BCUT2D eigenvalue weighted by atomic mass is 15.1. The Labute approximate surface area is 279 Å². The van der Waals surface area contributed by atoms with E-state index in [-0.39, 0.29) is 0 Å². The predicted molar refractivity (Wildman–Crippen MR) is 199 cm³/mol. The Morgan fingerprint density at radius 1 is 0.438 bits per heavy atom. The van der Waals surface area contributed by atoms with Crippen LogP contribution in [0.15, 0.2) is 182 Å². The van der Waals surface area contributed by atoms with Gasteiger partial charge < -0.3 is 0 Å². The summed E-state index contributed by atoms with van der Waals surface area (Å²) in [5.74, 6) is 0.938. The highest BCUT2D eigenvalue weighted by Crippen LogP contribution is 2.57. The maximum atomic E-state index is 5.27. The normalized spacial score (nSPS) is 15.2. The van der Waals surface area contributed by atoms with Crippen molar-refractivity contribution in [2.75, 3.05) is 0 Å². The zero-order valence-corrected chi connectivity index (χ0v) is 26.2. The second kappa shape index (κ2) is 10.4. The first-order valence-electron chi connectivity index (χ1n) is 16.6. The molecule has 0 fully saturated rings. The topological polar surface area (TPSA) is 17.8 Å². The van der Waals surface area contributed by atoms with Gasteiger partial charge in [-0.15, -0.1) is 0 Å². The molecule has 1 unspecified atom stereocenters. The molecule has 8 aromatic carbocycles. The van der Waals surface area contributed by atoms with E-state index < -0.39 is 5.41 Å². The van der Waals surface area contributed by atoms with Crippen molar-refractivity contribution < 1.29 is 0 Å². The maximum Gasteiger partial charge on any atom is 0.145 e. The van der Waals surface area contributed by atoms with Crippen molar-refractivity contribution in [3.8, 4) is 28.2 Å². The van der Waals surface area contributed by atoms with Crippen LogP contribution in [0.2, 0.25) is 0 Å². The van der Waals surface area contributed by atoms with Crippen molar-refractivity contribution in [2.45, 2.75) is 5.41 Å². The summed E-state index contributed by atoms with van der Waals surface area (Å²) in [5, 5.41) is 5.05. The van der Waals surface area contributed by atoms with Crippen molar-refractivity contribution in [3.63, 3.8) is 0 Å². The van der Waals surface area contributed by atoms with E-state index in [9.17, 15) is 0 Å². The number of aromatic nitrogens is 2. The zero-order valence-electron chi connectivity index (χ0n) is 26.2. The van der Waals surface area contributed by atoms with Crippen molar-refractivity contribution in [1.82, 2.24) is 9.55 Å². The highest BCUT2D eigenvalue weighted by Gasteiger charge is 2.46. The first kappa shape index (κ1) is 26.9. The van der Waals surface area contributed by atoms with Gasteiger partial charge in [0.1, 0.15) is 5.82 Å². The third-order valence-corrected chi connectivity index (χ3v) is 10.3. The lowest BCUT2D eigenvalue weighted by atomic mass is 9.67. The Hall–Kier alpha value is -6.25. The summed E-state index contributed by atoms with van der Waals surface area (Å²) in [5.41, 5.74) is 11.4. The van der Waals surface area contributed by atoms with Crippen LogP contribution in [0.4, 0.5) is 0 Å². The summed E-state index contributed by atoms with van der Waals surface area (Å²) >= 11 is 0. The van der Waals surface area contributed by atoms with Gasteiger partial charge in [0, 0.05) is 11.3 Å². The van der Waals surface area contributed by atoms with Crippen LogP contribution in [0.25, 0.3) is 60.8 Å². The first-order chi connectivity index (χ1) is 23.8. The van der Waals surface area contributed by atoms with Crippen LogP contribution >= 0.6 is 0 Å². The van der Waals surface area contributed by atoms with Crippen molar-refractivity contribution in [1.29, 1.82) is 0 Å². The fourth-order valence-electron chi connectivity index (χ4n) is 8.19. The molecule has 1 aliphatic carbocycles. The Morgan fingerprint density at radius 2 is 1.10 bits per heavy atom. The van der Waals surface area contributed by atoms with Crippen molar-refractivity contribution in [3.05, 3.63) is 204 Å². The van der Waals surface area contributed by atoms with E-state index in [1.54, 1.807) is 0 Å². The highest BCUT2D eigenvalue weighted by molar-refractivity contribution is 6.08. The quantitative estimate of drug-likeness (QED) is 0.181. The summed E-state index contributed by atoms with van der Waals surface area (Å²) in [6.45, 7) is 0. The van der Waals surface area contributed by atoms with Gasteiger partial charge in [0.2, 0.25) is 0 Å². The lowest BCUT2D eigenvalue weighted by Crippen LogP contribution is -2.28. The third kappa shape index (κ3) is 3.77. The minimum atomic E-state index is -0.530. The number of imidazole rings is 1. The monoisotopic (exact) mass is 610 g/mol. The van der Waals surface area contributed by atoms with E-state index >= 15 is 0 Å². The molecule has 224 valence electrons. The molecule has 9 aromatic rings.